The summed E-state index contributed by atoms with van der Waals surface area (Å²) in [6.45, 7) is 9.04. The lowest BCUT2D eigenvalue weighted by molar-refractivity contribution is -0.145. The molecule has 1 saturated carbocycles. The molecule has 150 valence electrons. The minimum Gasteiger partial charge on any atom is -0.354 e. The van der Waals surface area contributed by atoms with Crippen LogP contribution in [0.4, 0.5) is 19.0 Å². The summed E-state index contributed by atoms with van der Waals surface area (Å²) in [7, 11) is 0. The molecule has 1 amide bonds. The third kappa shape index (κ3) is 4.35. The molecule has 0 aromatic carbocycles. The van der Waals surface area contributed by atoms with Crippen LogP contribution in [0.3, 0.4) is 0 Å². The summed E-state index contributed by atoms with van der Waals surface area (Å²) in [5.41, 5.74) is 0.951. The van der Waals surface area contributed by atoms with E-state index in [0.717, 1.165) is 19.4 Å². The van der Waals surface area contributed by atoms with Crippen molar-refractivity contribution in [3.63, 3.8) is 0 Å². The zero-order valence-electron chi connectivity index (χ0n) is 16.3. The summed E-state index contributed by atoms with van der Waals surface area (Å²) in [5.74, 6) is 0.0384. The molecule has 0 N–H and O–H groups in total. The van der Waals surface area contributed by atoms with E-state index in [9.17, 15) is 18.0 Å². The van der Waals surface area contributed by atoms with Crippen LogP contribution in [0, 0.1) is 25.7 Å². The van der Waals surface area contributed by atoms with Gasteiger partial charge in [-0.15, -0.1) is 0 Å². The first-order chi connectivity index (χ1) is 12.6. The Balaban J connectivity index is 1.94. The van der Waals surface area contributed by atoms with Crippen molar-refractivity contribution in [2.45, 2.75) is 59.2 Å². The Kier molecular flexibility index (Phi) is 5.36. The summed E-state index contributed by atoms with van der Waals surface area (Å²) in [5, 5.41) is 0. The molecule has 1 aromatic rings. The van der Waals surface area contributed by atoms with E-state index >= 15 is 0 Å². The second-order valence-electron chi connectivity index (χ2n) is 8.08. The average Bonchev–Trinajstić information content (AvgIpc) is 3.39. The van der Waals surface area contributed by atoms with Gasteiger partial charge < -0.3 is 9.80 Å². The SMILES string of the molecule is Cc1nc(C(F)(F)F)nc(N2CCC(=O)N(CC3CC3)C(C(C)C)C2)c1C. The Morgan fingerprint density at radius 2 is 1.85 bits per heavy atom. The first-order valence-electron chi connectivity index (χ1n) is 9.54. The normalized spacial score (nSPS) is 21.8. The number of carbonyl (C=O) groups excluding carboxylic acids is 1. The number of hydrogen-bond acceptors (Lipinski definition) is 4. The second kappa shape index (κ2) is 7.28. The Bertz CT molecular complexity index is 716. The van der Waals surface area contributed by atoms with E-state index < -0.39 is 12.0 Å². The number of amides is 1. The number of aromatic nitrogens is 2. The Morgan fingerprint density at radius 3 is 2.41 bits per heavy atom. The zero-order chi connectivity index (χ0) is 19.9. The molecule has 1 saturated heterocycles. The molecule has 3 rings (SSSR count). The molecule has 0 spiro atoms. The van der Waals surface area contributed by atoms with Gasteiger partial charge in [-0.25, -0.2) is 9.97 Å². The lowest BCUT2D eigenvalue weighted by atomic mass is 10.0. The lowest BCUT2D eigenvalue weighted by Crippen LogP contribution is -2.47. The third-order valence-corrected chi connectivity index (χ3v) is 5.56. The smallest absolute Gasteiger partial charge is 0.354 e. The molecule has 0 radical (unpaired) electrons. The molecule has 1 atom stereocenters. The maximum Gasteiger partial charge on any atom is 0.451 e. The number of carbonyl (C=O) groups is 1. The highest BCUT2D eigenvalue weighted by Crippen LogP contribution is 2.34. The van der Waals surface area contributed by atoms with Gasteiger partial charge in [-0.05, 0) is 38.5 Å². The summed E-state index contributed by atoms with van der Waals surface area (Å²) in [6, 6.07) is -0.0374. The predicted octanol–water partition coefficient (Wildman–Crippen LogP) is 3.59. The van der Waals surface area contributed by atoms with E-state index in [1.165, 1.54) is 0 Å². The van der Waals surface area contributed by atoms with Crippen LogP contribution in [0.1, 0.15) is 50.2 Å². The largest absolute Gasteiger partial charge is 0.451 e. The number of nitrogens with zero attached hydrogens (tertiary/aromatic N) is 4. The van der Waals surface area contributed by atoms with Gasteiger partial charge in [0, 0.05) is 37.3 Å². The number of halogens is 3. The first-order valence-corrected chi connectivity index (χ1v) is 9.54. The molecular weight excluding hydrogens is 357 g/mol. The van der Waals surface area contributed by atoms with Gasteiger partial charge in [0.05, 0.1) is 6.04 Å². The molecule has 1 aliphatic heterocycles. The predicted molar refractivity (Wildman–Crippen MR) is 96.4 cm³/mol. The van der Waals surface area contributed by atoms with Gasteiger partial charge in [-0.3, -0.25) is 4.79 Å². The molecule has 2 fully saturated rings. The van der Waals surface area contributed by atoms with E-state index in [-0.39, 0.29) is 17.9 Å². The number of anilines is 1. The molecule has 5 nitrogen and oxygen atoms in total. The maximum absolute atomic E-state index is 13.2. The highest BCUT2D eigenvalue weighted by molar-refractivity contribution is 5.78. The van der Waals surface area contributed by atoms with Crippen molar-refractivity contribution in [1.29, 1.82) is 0 Å². The highest BCUT2D eigenvalue weighted by Gasteiger charge is 2.39. The van der Waals surface area contributed by atoms with Gasteiger partial charge in [0.1, 0.15) is 5.82 Å². The van der Waals surface area contributed by atoms with Gasteiger partial charge >= 0.3 is 6.18 Å². The van der Waals surface area contributed by atoms with E-state index in [4.69, 9.17) is 0 Å². The number of alkyl halides is 3. The molecule has 0 bridgehead atoms. The fraction of sp³-hybridized carbons (Fsp3) is 0.737. The second-order valence-corrected chi connectivity index (χ2v) is 8.08. The van der Waals surface area contributed by atoms with E-state index in [2.05, 4.69) is 23.8 Å². The highest BCUT2D eigenvalue weighted by atomic mass is 19.4. The summed E-state index contributed by atoms with van der Waals surface area (Å²) < 4.78 is 39.6. The van der Waals surface area contributed by atoms with Gasteiger partial charge in [0.15, 0.2) is 0 Å². The standard InChI is InChI=1S/C19H27F3N4O/c1-11(2)15-10-25(8-7-16(27)26(15)9-14-5-6-14)17-12(3)13(4)23-18(24-17)19(20,21)22/h11,14-15H,5-10H2,1-4H3. The molecule has 2 aliphatic rings. The van der Waals surface area contributed by atoms with Crippen LogP contribution in [0.2, 0.25) is 0 Å². The van der Waals surface area contributed by atoms with Crippen molar-refractivity contribution in [3.8, 4) is 0 Å². The molecular formula is C19H27F3N4O. The van der Waals surface area contributed by atoms with Gasteiger partial charge in [-0.2, -0.15) is 13.2 Å². The van der Waals surface area contributed by atoms with Gasteiger partial charge in [0.2, 0.25) is 11.7 Å². The van der Waals surface area contributed by atoms with Crippen LogP contribution < -0.4 is 4.90 Å². The lowest BCUT2D eigenvalue weighted by Gasteiger charge is -2.35. The number of aryl methyl sites for hydroxylation is 1. The van der Waals surface area contributed by atoms with Crippen molar-refractivity contribution >= 4 is 11.7 Å². The van der Waals surface area contributed by atoms with Crippen LogP contribution in [0.15, 0.2) is 0 Å². The molecule has 27 heavy (non-hydrogen) atoms. The quantitative estimate of drug-likeness (QED) is 0.796. The van der Waals surface area contributed by atoms with Crippen LogP contribution in [0.25, 0.3) is 0 Å². The molecule has 2 heterocycles. The van der Waals surface area contributed by atoms with Crippen LogP contribution in [-0.4, -0.2) is 46.5 Å². The minimum absolute atomic E-state index is 0.0374. The third-order valence-electron chi connectivity index (χ3n) is 5.56. The van der Waals surface area contributed by atoms with E-state index in [1.54, 1.807) is 13.8 Å². The van der Waals surface area contributed by atoms with E-state index in [0.29, 0.717) is 42.5 Å². The summed E-state index contributed by atoms with van der Waals surface area (Å²) in [6.07, 6.45) is -2.00. The fourth-order valence-corrected chi connectivity index (χ4v) is 3.60. The van der Waals surface area contributed by atoms with Crippen molar-refractivity contribution in [1.82, 2.24) is 14.9 Å². The Morgan fingerprint density at radius 1 is 1.19 bits per heavy atom. The van der Waals surface area contributed by atoms with Crippen molar-refractivity contribution in [3.05, 3.63) is 17.1 Å². The Hall–Kier alpha value is -1.86. The van der Waals surface area contributed by atoms with Crippen LogP contribution in [-0.2, 0) is 11.0 Å². The monoisotopic (exact) mass is 384 g/mol. The van der Waals surface area contributed by atoms with E-state index in [1.807, 2.05) is 9.80 Å². The zero-order valence-corrected chi connectivity index (χ0v) is 16.3. The number of rotatable bonds is 4. The molecule has 1 unspecified atom stereocenters. The molecule has 8 heteroatoms. The maximum atomic E-state index is 13.2. The molecule has 1 aromatic heterocycles. The first kappa shape index (κ1) is 19.9. The minimum atomic E-state index is -4.59. The van der Waals surface area contributed by atoms with Gasteiger partial charge in [-0.1, -0.05) is 13.8 Å². The van der Waals surface area contributed by atoms with Gasteiger partial charge in [0.25, 0.3) is 0 Å². The van der Waals surface area contributed by atoms with Crippen LogP contribution >= 0.6 is 0 Å². The average molecular weight is 384 g/mol. The Labute approximate surface area is 158 Å². The van der Waals surface area contributed by atoms with Crippen molar-refractivity contribution in [2.75, 3.05) is 24.5 Å². The van der Waals surface area contributed by atoms with Crippen molar-refractivity contribution in [2.24, 2.45) is 11.8 Å². The fourth-order valence-electron chi connectivity index (χ4n) is 3.60. The van der Waals surface area contributed by atoms with Crippen LogP contribution in [0.5, 0.6) is 0 Å². The van der Waals surface area contributed by atoms with Crippen molar-refractivity contribution < 1.29 is 18.0 Å². The summed E-state index contributed by atoms with van der Waals surface area (Å²) in [4.78, 5) is 24.0. The number of hydrogen-bond donors (Lipinski definition) is 0. The summed E-state index contributed by atoms with van der Waals surface area (Å²) >= 11 is 0. The molecule has 1 aliphatic carbocycles. The topological polar surface area (TPSA) is 49.3 Å².